The van der Waals surface area contributed by atoms with Gasteiger partial charge in [-0.2, -0.15) is 0 Å². The largest absolute Gasteiger partial charge is 0.497 e. The molecule has 156 valence electrons. The number of allylic oxidation sites excluding steroid dienone is 2. The van der Waals surface area contributed by atoms with Gasteiger partial charge in [0.15, 0.2) is 0 Å². The number of ether oxygens (including phenoxy) is 1. The van der Waals surface area contributed by atoms with Crippen molar-refractivity contribution >= 4 is 44.8 Å². The highest BCUT2D eigenvalue weighted by Crippen LogP contribution is 2.27. The summed E-state index contributed by atoms with van der Waals surface area (Å²) >= 11 is 5.98. The highest BCUT2D eigenvalue weighted by atomic mass is 35.5. The minimum atomic E-state index is 0.501. The Balaban J connectivity index is 1.31. The minimum Gasteiger partial charge on any atom is -0.497 e. The summed E-state index contributed by atoms with van der Waals surface area (Å²) < 4.78 is 5.39. The van der Waals surface area contributed by atoms with Gasteiger partial charge in [-0.3, -0.25) is 4.98 Å². The Morgan fingerprint density at radius 1 is 0.935 bits per heavy atom. The summed E-state index contributed by atoms with van der Waals surface area (Å²) in [6, 6.07) is 17.7. The van der Waals surface area contributed by atoms with Crippen LogP contribution in [0.5, 0.6) is 5.75 Å². The third-order valence-corrected chi connectivity index (χ3v) is 5.03. The molecule has 6 heteroatoms. The number of methoxy groups -OCH3 is 1. The van der Waals surface area contributed by atoms with Gasteiger partial charge in [0, 0.05) is 41.8 Å². The standard InChI is InChI=1S/C25H23ClN4O/c1-31-19-16-18-8-7-15-29-25(18)23(17-19)28-14-5-3-2-4-13-27-21-9-6-10-22-20(21)11-12-24(26)30-22/h2-12,15-17,27-28H,13-14H2,1H3/b4-2+,5-3+. The number of pyridine rings is 2. The number of nitrogens with zero attached hydrogens (tertiary/aromatic N) is 2. The van der Waals surface area contributed by atoms with E-state index in [9.17, 15) is 0 Å². The van der Waals surface area contributed by atoms with Crippen LogP contribution >= 0.6 is 11.6 Å². The molecule has 0 bridgehead atoms. The maximum Gasteiger partial charge on any atom is 0.129 e. The van der Waals surface area contributed by atoms with Gasteiger partial charge in [-0.1, -0.05) is 48.0 Å². The summed E-state index contributed by atoms with van der Waals surface area (Å²) in [5.41, 5.74) is 3.80. The topological polar surface area (TPSA) is 59.1 Å². The zero-order chi connectivity index (χ0) is 21.5. The van der Waals surface area contributed by atoms with Gasteiger partial charge < -0.3 is 15.4 Å². The molecule has 0 aliphatic heterocycles. The molecular formula is C25H23ClN4O. The van der Waals surface area contributed by atoms with Gasteiger partial charge in [0.2, 0.25) is 0 Å². The molecule has 0 saturated carbocycles. The van der Waals surface area contributed by atoms with Gasteiger partial charge in [-0.15, -0.1) is 0 Å². The third-order valence-electron chi connectivity index (χ3n) is 4.82. The molecule has 4 rings (SSSR count). The minimum absolute atomic E-state index is 0.501. The molecule has 0 spiro atoms. The van der Waals surface area contributed by atoms with E-state index in [4.69, 9.17) is 16.3 Å². The van der Waals surface area contributed by atoms with Crippen LogP contribution in [0.1, 0.15) is 0 Å². The lowest BCUT2D eigenvalue weighted by Gasteiger charge is -2.09. The van der Waals surface area contributed by atoms with Crippen LogP contribution in [0, 0.1) is 0 Å². The van der Waals surface area contributed by atoms with Crippen molar-refractivity contribution in [3.63, 3.8) is 0 Å². The monoisotopic (exact) mass is 430 g/mol. The molecule has 0 fully saturated rings. The number of nitrogens with one attached hydrogen (secondary N) is 2. The predicted molar refractivity (Wildman–Crippen MR) is 130 cm³/mol. The summed E-state index contributed by atoms with van der Waals surface area (Å²) in [7, 11) is 1.67. The van der Waals surface area contributed by atoms with Crippen LogP contribution in [0.4, 0.5) is 11.4 Å². The third kappa shape index (κ3) is 5.13. The number of hydrogen-bond acceptors (Lipinski definition) is 5. The fraction of sp³-hybridized carbons (Fsp3) is 0.120. The normalized spacial score (nSPS) is 11.5. The van der Waals surface area contributed by atoms with Crippen molar-refractivity contribution in [3.8, 4) is 5.75 Å². The number of rotatable bonds is 8. The zero-order valence-corrected chi connectivity index (χ0v) is 17.9. The van der Waals surface area contributed by atoms with Crippen molar-refractivity contribution in [1.29, 1.82) is 0 Å². The predicted octanol–water partition coefficient (Wildman–Crippen LogP) is 6.08. The van der Waals surface area contributed by atoms with Crippen molar-refractivity contribution in [3.05, 3.63) is 90.3 Å². The van der Waals surface area contributed by atoms with Crippen LogP contribution in [0.2, 0.25) is 5.15 Å². The molecule has 0 unspecified atom stereocenters. The Bertz CT molecular complexity index is 1250. The van der Waals surface area contributed by atoms with Crippen molar-refractivity contribution in [2.75, 3.05) is 30.8 Å². The van der Waals surface area contributed by atoms with Crippen LogP contribution in [-0.2, 0) is 0 Å². The smallest absolute Gasteiger partial charge is 0.129 e. The molecule has 2 N–H and O–H groups in total. The quantitative estimate of drug-likeness (QED) is 0.262. The highest BCUT2D eigenvalue weighted by molar-refractivity contribution is 6.29. The van der Waals surface area contributed by atoms with Crippen LogP contribution in [0.15, 0.2) is 85.1 Å². The molecule has 2 aromatic heterocycles. The molecule has 2 aromatic carbocycles. The van der Waals surface area contributed by atoms with Crippen LogP contribution in [0.25, 0.3) is 21.8 Å². The molecule has 31 heavy (non-hydrogen) atoms. The van der Waals surface area contributed by atoms with Gasteiger partial charge in [0.25, 0.3) is 0 Å². The first-order valence-electron chi connectivity index (χ1n) is 10.0. The van der Waals surface area contributed by atoms with E-state index in [1.807, 2.05) is 66.7 Å². The summed E-state index contributed by atoms with van der Waals surface area (Å²) in [4.78, 5) is 8.82. The number of fused-ring (bicyclic) bond motifs is 2. The Morgan fingerprint density at radius 2 is 1.74 bits per heavy atom. The van der Waals surface area contributed by atoms with Gasteiger partial charge in [0.1, 0.15) is 10.9 Å². The van der Waals surface area contributed by atoms with E-state index < -0.39 is 0 Å². The maximum absolute atomic E-state index is 5.98. The van der Waals surface area contributed by atoms with Crippen LogP contribution < -0.4 is 15.4 Å². The van der Waals surface area contributed by atoms with E-state index in [1.165, 1.54) is 0 Å². The van der Waals surface area contributed by atoms with E-state index in [0.717, 1.165) is 38.9 Å². The average Bonchev–Trinajstić information content (AvgIpc) is 2.80. The first-order valence-corrected chi connectivity index (χ1v) is 10.4. The molecular weight excluding hydrogens is 408 g/mol. The average molecular weight is 431 g/mol. The molecule has 5 nitrogen and oxygen atoms in total. The first-order chi connectivity index (χ1) is 15.2. The lowest BCUT2D eigenvalue weighted by Crippen LogP contribution is -2.00. The molecule has 0 radical (unpaired) electrons. The Kier molecular flexibility index (Phi) is 6.65. The first kappa shape index (κ1) is 20.7. The molecule has 2 heterocycles. The molecule has 0 atom stereocenters. The second kappa shape index (κ2) is 9.96. The summed E-state index contributed by atoms with van der Waals surface area (Å²) in [6.07, 6.45) is 9.98. The van der Waals surface area contributed by atoms with Gasteiger partial charge in [-0.25, -0.2) is 4.98 Å². The SMILES string of the molecule is COc1cc(NC/C=C/C=C/CNc2cccc3nc(Cl)ccc23)c2ncccc2c1. The number of anilines is 2. The second-order valence-electron chi connectivity index (χ2n) is 6.87. The zero-order valence-electron chi connectivity index (χ0n) is 17.2. The Labute approximate surface area is 186 Å². The number of benzene rings is 2. The molecule has 0 aliphatic carbocycles. The Morgan fingerprint density at radius 3 is 2.55 bits per heavy atom. The van der Waals surface area contributed by atoms with E-state index in [0.29, 0.717) is 18.2 Å². The van der Waals surface area contributed by atoms with E-state index in [1.54, 1.807) is 13.3 Å². The van der Waals surface area contributed by atoms with E-state index in [-0.39, 0.29) is 0 Å². The summed E-state index contributed by atoms with van der Waals surface area (Å²) in [5, 5.41) is 9.42. The Hall–Kier alpha value is -3.57. The number of halogens is 1. The van der Waals surface area contributed by atoms with E-state index in [2.05, 4.69) is 32.8 Å². The van der Waals surface area contributed by atoms with Crippen LogP contribution in [-0.4, -0.2) is 30.2 Å². The van der Waals surface area contributed by atoms with Crippen molar-refractivity contribution in [1.82, 2.24) is 9.97 Å². The number of hydrogen-bond donors (Lipinski definition) is 2. The maximum atomic E-state index is 5.98. The van der Waals surface area contributed by atoms with Crippen molar-refractivity contribution < 1.29 is 4.74 Å². The fourth-order valence-corrected chi connectivity index (χ4v) is 3.49. The lowest BCUT2D eigenvalue weighted by atomic mass is 10.1. The molecule has 0 amide bonds. The summed E-state index contributed by atoms with van der Waals surface area (Å²) in [5.74, 6) is 0.809. The van der Waals surface area contributed by atoms with Gasteiger partial charge >= 0.3 is 0 Å². The van der Waals surface area contributed by atoms with Gasteiger partial charge in [-0.05, 0) is 36.4 Å². The van der Waals surface area contributed by atoms with Crippen LogP contribution in [0.3, 0.4) is 0 Å². The lowest BCUT2D eigenvalue weighted by molar-refractivity contribution is 0.415. The van der Waals surface area contributed by atoms with E-state index >= 15 is 0 Å². The summed E-state index contributed by atoms with van der Waals surface area (Å²) in [6.45, 7) is 1.40. The van der Waals surface area contributed by atoms with Gasteiger partial charge in [0.05, 0.1) is 23.8 Å². The fourth-order valence-electron chi connectivity index (χ4n) is 3.33. The van der Waals surface area contributed by atoms with Crippen molar-refractivity contribution in [2.24, 2.45) is 0 Å². The molecule has 0 aliphatic rings. The molecule has 0 saturated heterocycles. The molecule has 4 aromatic rings. The van der Waals surface area contributed by atoms with Crippen molar-refractivity contribution in [2.45, 2.75) is 0 Å². The number of aromatic nitrogens is 2. The second-order valence-corrected chi connectivity index (χ2v) is 7.26. The highest BCUT2D eigenvalue weighted by Gasteiger charge is 2.04.